The molecule has 2 N–H and O–H groups in total. The summed E-state index contributed by atoms with van der Waals surface area (Å²) in [6.45, 7) is 3.81. The highest BCUT2D eigenvalue weighted by atomic mass is 19.4. The molecule has 0 radical (unpaired) electrons. The van der Waals surface area contributed by atoms with Gasteiger partial charge in [0.25, 0.3) is 0 Å². The van der Waals surface area contributed by atoms with E-state index in [0.29, 0.717) is 42.5 Å². The predicted octanol–water partition coefficient (Wildman–Crippen LogP) is 5.92. The molecule has 1 aromatic heterocycles. The molecular weight excluding hydrogens is 499 g/mol. The van der Waals surface area contributed by atoms with E-state index >= 15 is 0 Å². The van der Waals surface area contributed by atoms with Gasteiger partial charge in [-0.25, -0.2) is 9.78 Å². The number of carbonyl (C=O) groups excluding carboxylic acids is 1. The highest BCUT2D eigenvalue weighted by Gasteiger charge is 2.30. The van der Waals surface area contributed by atoms with Gasteiger partial charge in [0.2, 0.25) is 0 Å². The number of anilines is 2. The molecular formula is C27H24F3N5O3. The summed E-state index contributed by atoms with van der Waals surface area (Å²) in [5.74, 6) is 1.000. The van der Waals surface area contributed by atoms with E-state index in [1.807, 2.05) is 6.07 Å². The van der Waals surface area contributed by atoms with Crippen molar-refractivity contribution in [3.63, 3.8) is 0 Å². The van der Waals surface area contributed by atoms with Crippen molar-refractivity contribution in [2.75, 3.05) is 36.9 Å². The zero-order chi connectivity index (χ0) is 26.5. The number of aromatic nitrogens is 2. The molecule has 11 heteroatoms. The van der Waals surface area contributed by atoms with E-state index in [-0.39, 0.29) is 5.69 Å². The maximum absolute atomic E-state index is 12.9. The number of ether oxygens (including phenoxy) is 2. The summed E-state index contributed by atoms with van der Waals surface area (Å²) in [6, 6.07) is 15.8. The van der Waals surface area contributed by atoms with Gasteiger partial charge in [0.15, 0.2) is 0 Å². The normalized spacial score (nSPS) is 14.3. The number of hydrogen-bond acceptors (Lipinski definition) is 6. The molecule has 4 aromatic rings. The predicted molar refractivity (Wildman–Crippen MR) is 136 cm³/mol. The van der Waals surface area contributed by atoms with Gasteiger partial charge in [-0.05, 0) is 42.5 Å². The third-order valence-electron chi connectivity index (χ3n) is 5.83. The van der Waals surface area contributed by atoms with Gasteiger partial charge >= 0.3 is 12.2 Å². The molecule has 38 heavy (non-hydrogen) atoms. The fraction of sp³-hybridized carbons (Fsp3) is 0.222. The summed E-state index contributed by atoms with van der Waals surface area (Å²) >= 11 is 0. The third kappa shape index (κ3) is 6.55. The molecule has 0 bridgehead atoms. The molecule has 196 valence electrons. The zero-order valence-corrected chi connectivity index (χ0v) is 20.2. The average Bonchev–Trinajstić information content (AvgIpc) is 2.89. The Labute approximate surface area is 216 Å². The SMILES string of the molecule is O=C(Nc1cccc(Oc2ccc3ncc(CN4CCOCC4)nc3c2)c1)Nc1cccc(C(F)(F)F)c1. The van der Waals surface area contributed by atoms with Crippen molar-refractivity contribution in [3.05, 3.63) is 84.2 Å². The minimum absolute atomic E-state index is 0.0231. The Kier molecular flexibility index (Phi) is 7.38. The molecule has 0 spiro atoms. The van der Waals surface area contributed by atoms with Gasteiger partial charge in [0, 0.05) is 43.1 Å². The van der Waals surface area contributed by atoms with Crippen LogP contribution in [0.5, 0.6) is 11.5 Å². The molecule has 0 aliphatic carbocycles. The monoisotopic (exact) mass is 523 g/mol. The average molecular weight is 524 g/mol. The Balaban J connectivity index is 1.24. The van der Waals surface area contributed by atoms with E-state index < -0.39 is 17.8 Å². The van der Waals surface area contributed by atoms with Crippen LogP contribution in [0.1, 0.15) is 11.3 Å². The third-order valence-corrected chi connectivity index (χ3v) is 5.83. The number of urea groups is 1. The first kappa shape index (κ1) is 25.4. The van der Waals surface area contributed by atoms with Crippen LogP contribution in [-0.2, 0) is 17.5 Å². The quantitative estimate of drug-likeness (QED) is 0.326. The van der Waals surface area contributed by atoms with Crippen molar-refractivity contribution < 1.29 is 27.4 Å². The van der Waals surface area contributed by atoms with Crippen LogP contribution in [0.2, 0.25) is 0 Å². The van der Waals surface area contributed by atoms with Crippen molar-refractivity contribution in [3.8, 4) is 11.5 Å². The molecule has 8 nitrogen and oxygen atoms in total. The van der Waals surface area contributed by atoms with E-state index in [1.165, 1.54) is 12.1 Å². The number of alkyl halides is 3. The smallest absolute Gasteiger partial charge is 0.416 e. The van der Waals surface area contributed by atoms with Gasteiger partial charge in [-0.1, -0.05) is 12.1 Å². The highest BCUT2D eigenvalue weighted by Crippen LogP contribution is 2.31. The molecule has 1 aliphatic rings. The largest absolute Gasteiger partial charge is 0.457 e. The second-order valence-electron chi connectivity index (χ2n) is 8.69. The summed E-state index contributed by atoms with van der Waals surface area (Å²) in [5, 5.41) is 5.01. The van der Waals surface area contributed by atoms with Crippen molar-refractivity contribution in [1.29, 1.82) is 0 Å². The first-order chi connectivity index (χ1) is 18.3. The van der Waals surface area contributed by atoms with Crippen LogP contribution in [-0.4, -0.2) is 47.2 Å². The lowest BCUT2D eigenvalue weighted by Gasteiger charge is -2.26. The van der Waals surface area contributed by atoms with Gasteiger partial charge in [0.1, 0.15) is 11.5 Å². The van der Waals surface area contributed by atoms with Crippen LogP contribution in [0.4, 0.5) is 29.3 Å². The Morgan fingerprint density at radius 1 is 0.921 bits per heavy atom. The van der Waals surface area contributed by atoms with E-state index in [0.717, 1.165) is 36.4 Å². The zero-order valence-electron chi connectivity index (χ0n) is 20.2. The van der Waals surface area contributed by atoms with Crippen LogP contribution in [0.25, 0.3) is 11.0 Å². The lowest BCUT2D eigenvalue weighted by molar-refractivity contribution is -0.137. The molecule has 0 saturated carbocycles. The highest BCUT2D eigenvalue weighted by molar-refractivity contribution is 5.99. The van der Waals surface area contributed by atoms with E-state index in [1.54, 1.807) is 42.6 Å². The molecule has 1 aliphatic heterocycles. The number of nitrogens with zero attached hydrogens (tertiary/aromatic N) is 3. The van der Waals surface area contributed by atoms with Crippen LogP contribution in [0.3, 0.4) is 0 Å². The fourth-order valence-corrected chi connectivity index (χ4v) is 4.00. The Bertz CT molecular complexity index is 1440. The van der Waals surface area contributed by atoms with Gasteiger partial charge in [0.05, 0.1) is 41.7 Å². The second-order valence-corrected chi connectivity index (χ2v) is 8.69. The van der Waals surface area contributed by atoms with Gasteiger partial charge in [-0.3, -0.25) is 9.88 Å². The van der Waals surface area contributed by atoms with E-state index in [4.69, 9.17) is 14.5 Å². The van der Waals surface area contributed by atoms with Gasteiger partial charge in [-0.15, -0.1) is 0 Å². The number of halogens is 3. The molecule has 1 fully saturated rings. The van der Waals surface area contributed by atoms with Crippen LogP contribution >= 0.6 is 0 Å². The lowest BCUT2D eigenvalue weighted by Crippen LogP contribution is -2.35. The number of fused-ring (bicyclic) bond motifs is 1. The molecule has 2 amide bonds. The number of nitrogens with one attached hydrogen (secondary N) is 2. The van der Waals surface area contributed by atoms with Crippen LogP contribution < -0.4 is 15.4 Å². The summed E-state index contributed by atoms with van der Waals surface area (Å²) in [7, 11) is 0. The molecule has 0 atom stereocenters. The number of benzene rings is 3. The maximum atomic E-state index is 12.9. The number of rotatable bonds is 6. The van der Waals surface area contributed by atoms with Crippen LogP contribution in [0.15, 0.2) is 72.9 Å². The molecule has 1 saturated heterocycles. The maximum Gasteiger partial charge on any atom is 0.416 e. The Morgan fingerprint density at radius 2 is 1.63 bits per heavy atom. The number of morpholine rings is 1. The number of carbonyl (C=O) groups is 1. The van der Waals surface area contributed by atoms with E-state index in [2.05, 4.69) is 20.5 Å². The molecule has 3 aromatic carbocycles. The molecule has 2 heterocycles. The number of amides is 2. The first-order valence-electron chi connectivity index (χ1n) is 11.9. The summed E-state index contributed by atoms with van der Waals surface area (Å²) < 4.78 is 50.1. The molecule has 0 unspecified atom stereocenters. The Morgan fingerprint density at radius 3 is 2.39 bits per heavy atom. The van der Waals surface area contributed by atoms with Gasteiger partial charge < -0.3 is 20.1 Å². The van der Waals surface area contributed by atoms with E-state index in [9.17, 15) is 18.0 Å². The number of hydrogen-bond donors (Lipinski definition) is 2. The van der Waals surface area contributed by atoms with Crippen molar-refractivity contribution in [2.24, 2.45) is 0 Å². The fourth-order valence-electron chi connectivity index (χ4n) is 4.00. The van der Waals surface area contributed by atoms with Gasteiger partial charge in [-0.2, -0.15) is 13.2 Å². The first-order valence-corrected chi connectivity index (χ1v) is 11.9. The topological polar surface area (TPSA) is 88.6 Å². The minimum Gasteiger partial charge on any atom is -0.457 e. The summed E-state index contributed by atoms with van der Waals surface area (Å²) in [5.41, 5.74) is 1.87. The van der Waals surface area contributed by atoms with Crippen molar-refractivity contribution in [2.45, 2.75) is 12.7 Å². The molecule has 5 rings (SSSR count). The van der Waals surface area contributed by atoms with Crippen molar-refractivity contribution >= 4 is 28.4 Å². The van der Waals surface area contributed by atoms with Crippen LogP contribution in [0, 0.1) is 0 Å². The second kappa shape index (κ2) is 11.0. The minimum atomic E-state index is -4.50. The Hall–Kier alpha value is -4.22. The standard InChI is InChI=1S/C27H24F3N5O3/c28-27(29,30)18-3-1-4-19(13-18)33-26(36)34-20-5-2-6-22(14-20)38-23-7-8-24-25(15-23)32-21(16-31-24)17-35-9-11-37-12-10-35/h1-8,13-16H,9-12,17H2,(H2,33,34,36). The summed E-state index contributed by atoms with van der Waals surface area (Å²) in [6.07, 6.45) is -2.73. The summed E-state index contributed by atoms with van der Waals surface area (Å²) in [4.78, 5) is 23.9. The lowest BCUT2D eigenvalue weighted by atomic mass is 10.2. The van der Waals surface area contributed by atoms with Crippen molar-refractivity contribution in [1.82, 2.24) is 14.9 Å².